The Balaban J connectivity index is 2.75. The minimum absolute atomic E-state index is 0.349. The maximum absolute atomic E-state index is 5.26. The van der Waals surface area contributed by atoms with Gasteiger partial charge >= 0.3 is 0 Å². The molecule has 2 nitrogen and oxygen atoms in total. The first-order valence-corrected chi connectivity index (χ1v) is 3.38. The molecule has 0 spiro atoms. The van der Waals surface area contributed by atoms with Gasteiger partial charge in [0, 0.05) is 20.3 Å². The zero-order valence-electron chi connectivity index (χ0n) is 6.52. The van der Waals surface area contributed by atoms with Crippen LogP contribution < -0.4 is 0 Å². The molecular weight excluding hydrogens is 116 g/mol. The standard InChI is InChI=1S/C7H16O2/c1-7(2)9-6-4-5-8-3/h7H,4-6H2,1-3H3. The fourth-order valence-corrected chi connectivity index (χ4v) is 0.522. The van der Waals surface area contributed by atoms with Crippen molar-refractivity contribution in [3.05, 3.63) is 0 Å². The Bertz CT molecular complexity index is 52.9. The average molecular weight is 132 g/mol. The van der Waals surface area contributed by atoms with Crippen molar-refractivity contribution in [1.29, 1.82) is 0 Å². The summed E-state index contributed by atoms with van der Waals surface area (Å²) in [5, 5.41) is 0. The Morgan fingerprint density at radius 2 is 1.89 bits per heavy atom. The van der Waals surface area contributed by atoms with E-state index in [1.807, 2.05) is 13.8 Å². The van der Waals surface area contributed by atoms with E-state index in [1.54, 1.807) is 7.11 Å². The molecule has 0 unspecified atom stereocenters. The third-order valence-electron chi connectivity index (χ3n) is 0.944. The van der Waals surface area contributed by atoms with E-state index in [4.69, 9.17) is 9.47 Å². The molecule has 2 heteroatoms. The van der Waals surface area contributed by atoms with Gasteiger partial charge in [0.25, 0.3) is 0 Å². The molecule has 56 valence electrons. The molecule has 0 heterocycles. The maximum Gasteiger partial charge on any atom is 0.0518 e. The number of methoxy groups -OCH3 is 1. The second-order valence-electron chi connectivity index (χ2n) is 2.27. The van der Waals surface area contributed by atoms with Gasteiger partial charge in [-0.2, -0.15) is 0 Å². The van der Waals surface area contributed by atoms with Crippen molar-refractivity contribution in [3.8, 4) is 0 Å². The lowest BCUT2D eigenvalue weighted by molar-refractivity contribution is 0.0610. The highest BCUT2D eigenvalue weighted by Crippen LogP contribution is 1.89. The largest absolute Gasteiger partial charge is 0.385 e. The van der Waals surface area contributed by atoms with Crippen LogP contribution in [0.5, 0.6) is 0 Å². The van der Waals surface area contributed by atoms with Gasteiger partial charge in [-0.25, -0.2) is 0 Å². The topological polar surface area (TPSA) is 18.5 Å². The summed E-state index contributed by atoms with van der Waals surface area (Å²) in [6.07, 6.45) is 1.34. The normalized spacial score (nSPS) is 10.7. The molecule has 0 rings (SSSR count). The zero-order valence-corrected chi connectivity index (χ0v) is 6.52. The van der Waals surface area contributed by atoms with Crippen molar-refractivity contribution >= 4 is 0 Å². The molecule has 9 heavy (non-hydrogen) atoms. The highest BCUT2D eigenvalue weighted by atomic mass is 16.5. The summed E-state index contributed by atoms with van der Waals surface area (Å²) in [7, 11) is 1.70. The Morgan fingerprint density at radius 3 is 2.33 bits per heavy atom. The van der Waals surface area contributed by atoms with E-state index in [2.05, 4.69) is 0 Å². The molecule has 0 atom stereocenters. The van der Waals surface area contributed by atoms with E-state index >= 15 is 0 Å². The first kappa shape index (κ1) is 8.92. The molecule has 0 saturated heterocycles. The van der Waals surface area contributed by atoms with Gasteiger partial charge in [0.1, 0.15) is 0 Å². The summed E-state index contributed by atoms with van der Waals surface area (Å²) in [4.78, 5) is 0. The van der Waals surface area contributed by atoms with Crippen LogP contribution >= 0.6 is 0 Å². The molecule has 0 saturated carbocycles. The van der Waals surface area contributed by atoms with E-state index in [-0.39, 0.29) is 0 Å². The third-order valence-corrected chi connectivity index (χ3v) is 0.944. The molecule has 0 N–H and O–H groups in total. The van der Waals surface area contributed by atoms with Crippen LogP contribution in [-0.4, -0.2) is 26.4 Å². The van der Waals surface area contributed by atoms with Crippen molar-refractivity contribution in [2.75, 3.05) is 20.3 Å². The fourth-order valence-electron chi connectivity index (χ4n) is 0.522. The number of hydrogen-bond acceptors (Lipinski definition) is 2. The minimum atomic E-state index is 0.349. The van der Waals surface area contributed by atoms with E-state index in [0.29, 0.717) is 6.10 Å². The van der Waals surface area contributed by atoms with Crippen LogP contribution in [0.15, 0.2) is 0 Å². The van der Waals surface area contributed by atoms with Crippen LogP contribution in [0.2, 0.25) is 0 Å². The van der Waals surface area contributed by atoms with Crippen LogP contribution in [0.3, 0.4) is 0 Å². The van der Waals surface area contributed by atoms with Crippen LogP contribution in [0.25, 0.3) is 0 Å². The van der Waals surface area contributed by atoms with Crippen LogP contribution in [-0.2, 0) is 9.47 Å². The number of rotatable bonds is 5. The molecule has 0 aromatic heterocycles. The molecule has 0 fully saturated rings. The average Bonchev–Trinajstić information content (AvgIpc) is 1.80. The quantitative estimate of drug-likeness (QED) is 0.527. The Morgan fingerprint density at radius 1 is 1.22 bits per heavy atom. The van der Waals surface area contributed by atoms with Crippen molar-refractivity contribution in [2.45, 2.75) is 26.4 Å². The Kier molecular flexibility index (Phi) is 5.99. The van der Waals surface area contributed by atoms with E-state index in [1.165, 1.54) is 0 Å². The minimum Gasteiger partial charge on any atom is -0.385 e. The molecule has 0 aliphatic rings. The first-order valence-electron chi connectivity index (χ1n) is 3.38. The lowest BCUT2D eigenvalue weighted by Gasteiger charge is -2.05. The van der Waals surface area contributed by atoms with Crippen LogP contribution in [0.4, 0.5) is 0 Å². The molecule has 0 amide bonds. The van der Waals surface area contributed by atoms with E-state index in [9.17, 15) is 0 Å². The molecule has 0 aromatic carbocycles. The summed E-state index contributed by atoms with van der Waals surface area (Å²) in [6.45, 7) is 5.68. The van der Waals surface area contributed by atoms with Gasteiger partial charge in [-0.3, -0.25) is 0 Å². The summed E-state index contributed by atoms with van der Waals surface area (Å²) in [5.74, 6) is 0. The second kappa shape index (κ2) is 6.05. The summed E-state index contributed by atoms with van der Waals surface area (Å²) in [6, 6.07) is 0. The molecule has 0 aromatic rings. The molecule has 0 aliphatic heterocycles. The lowest BCUT2D eigenvalue weighted by Crippen LogP contribution is -2.05. The molecule has 0 radical (unpaired) electrons. The molecule has 0 bridgehead atoms. The number of ether oxygens (including phenoxy) is 2. The number of hydrogen-bond donors (Lipinski definition) is 0. The zero-order chi connectivity index (χ0) is 7.11. The summed E-state index contributed by atoms with van der Waals surface area (Å²) in [5.41, 5.74) is 0. The summed E-state index contributed by atoms with van der Waals surface area (Å²) < 4.78 is 10.1. The predicted octanol–water partition coefficient (Wildman–Crippen LogP) is 1.45. The Hall–Kier alpha value is -0.0800. The predicted molar refractivity (Wildman–Crippen MR) is 37.6 cm³/mol. The van der Waals surface area contributed by atoms with Crippen molar-refractivity contribution in [1.82, 2.24) is 0 Å². The lowest BCUT2D eigenvalue weighted by atomic mass is 10.4. The third kappa shape index (κ3) is 7.92. The fraction of sp³-hybridized carbons (Fsp3) is 1.00. The summed E-state index contributed by atoms with van der Waals surface area (Å²) >= 11 is 0. The molecular formula is C7H16O2. The van der Waals surface area contributed by atoms with Crippen molar-refractivity contribution in [2.24, 2.45) is 0 Å². The van der Waals surface area contributed by atoms with Crippen LogP contribution in [0.1, 0.15) is 20.3 Å². The van der Waals surface area contributed by atoms with Gasteiger partial charge in [-0.1, -0.05) is 0 Å². The monoisotopic (exact) mass is 132 g/mol. The van der Waals surface area contributed by atoms with Gasteiger partial charge in [-0.05, 0) is 20.3 Å². The van der Waals surface area contributed by atoms with E-state index in [0.717, 1.165) is 19.6 Å². The first-order chi connectivity index (χ1) is 4.27. The SMILES string of the molecule is COCCCOC(C)C. The highest BCUT2D eigenvalue weighted by molar-refractivity contribution is 4.37. The van der Waals surface area contributed by atoms with Gasteiger partial charge in [0.15, 0.2) is 0 Å². The second-order valence-corrected chi connectivity index (χ2v) is 2.27. The molecule has 0 aliphatic carbocycles. The highest BCUT2D eigenvalue weighted by Gasteiger charge is 1.90. The van der Waals surface area contributed by atoms with Crippen molar-refractivity contribution in [3.63, 3.8) is 0 Å². The van der Waals surface area contributed by atoms with E-state index < -0.39 is 0 Å². The van der Waals surface area contributed by atoms with Crippen molar-refractivity contribution < 1.29 is 9.47 Å². The van der Waals surface area contributed by atoms with Gasteiger partial charge < -0.3 is 9.47 Å². The smallest absolute Gasteiger partial charge is 0.0518 e. The van der Waals surface area contributed by atoms with Gasteiger partial charge in [-0.15, -0.1) is 0 Å². The Labute approximate surface area is 57.2 Å². The maximum atomic E-state index is 5.26. The van der Waals surface area contributed by atoms with Gasteiger partial charge in [0.2, 0.25) is 0 Å². The van der Waals surface area contributed by atoms with Crippen LogP contribution in [0, 0.1) is 0 Å². The van der Waals surface area contributed by atoms with Gasteiger partial charge in [0.05, 0.1) is 6.10 Å².